The Balaban J connectivity index is 2.32. The maximum absolute atomic E-state index is 3.53. The van der Waals surface area contributed by atoms with Gasteiger partial charge in [0, 0.05) is 38.6 Å². The van der Waals surface area contributed by atoms with Crippen LogP contribution in [0.4, 0.5) is 0 Å². The van der Waals surface area contributed by atoms with Gasteiger partial charge < -0.3 is 14.8 Å². The van der Waals surface area contributed by atoms with E-state index in [0.717, 1.165) is 19.6 Å². The standard InChI is InChI=1S/C13H25N3/c1-13(2,11-15(3)4)10-14-9-12-7-6-8-16(12)5/h6-8,14H,9-11H2,1-5H3. The average molecular weight is 223 g/mol. The Hall–Kier alpha value is -0.800. The Labute approximate surface area is 99.4 Å². The van der Waals surface area contributed by atoms with Crippen molar-refractivity contribution in [2.24, 2.45) is 12.5 Å². The van der Waals surface area contributed by atoms with Crippen molar-refractivity contribution in [3.8, 4) is 0 Å². The Morgan fingerprint density at radius 1 is 1.38 bits per heavy atom. The largest absolute Gasteiger partial charge is 0.353 e. The van der Waals surface area contributed by atoms with Gasteiger partial charge in [0.05, 0.1) is 0 Å². The summed E-state index contributed by atoms with van der Waals surface area (Å²) in [5.41, 5.74) is 1.65. The molecule has 0 atom stereocenters. The number of aryl methyl sites for hydroxylation is 1. The molecule has 0 unspecified atom stereocenters. The third-order valence-electron chi connectivity index (χ3n) is 2.71. The highest BCUT2D eigenvalue weighted by molar-refractivity contribution is 5.05. The molecule has 1 heterocycles. The van der Waals surface area contributed by atoms with Crippen LogP contribution in [0.3, 0.4) is 0 Å². The molecule has 0 aliphatic rings. The number of aromatic nitrogens is 1. The lowest BCUT2D eigenvalue weighted by Crippen LogP contribution is -2.37. The third-order valence-corrected chi connectivity index (χ3v) is 2.71. The highest BCUT2D eigenvalue weighted by Crippen LogP contribution is 2.14. The summed E-state index contributed by atoms with van der Waals surface area (Å²) in [5.74, 6) is 0. The van der Waals surface area contributed by atoms with Crippen LogP contribution < -0.4 is 5.32 Å². The van der Waals surface area contributed by atoms with E-state index in [-0.39, 0.29) is 0 Å². The molecular formula is C13H25N3. The van der Waals surface area contributed by atoms with Gasteiger partial charge in [0.25, 0.3) is 0 Å². The van der Waals surface area contributed by atoms with Crippen LogP contribution in [0.5, 0.6) is 0 Å². The number of rotatable bonds is 6. The fourth-order valence-corrected chi connectivity index (χ4v) is 2.12. The second-order valence-corrected chi connectivity index (χ2v) is 5.62. The summed E-state index contributed by atoms with van der Waals surface area (Å²) in [6.07, 6.45) is 2.09. The minimum Gasteiger partial charge on any atom is -0.353 e. The third kappa shape index (κ3) is 4.37. The predicted molar refractivity (Wildman–Crippen MR) is 69.5 cm³/mol. The molecule has 16 heavy (non-hydrogen) atoms. The van der Waals surface area contributed by atoms with Gasteiger partial charge in [0.2, 0.25) is 0 Å². The first kappa shape index (κ1) is 13.3. The average Bonchev–Trinajstić information content (AvgIpc) is 2.49. The van der Waals surface area contributed by atoms with Crippen molar-refractivity contribution in [3.05, 3.63) is 24.0 Å². The van der Waals surface area contributed by atoms with Gasteiger partial charge in [-0.2, -0.15) is 0 Å². The topological polar surface area (TPSA) is 20.2 Å². The van der Waals surface area contributed by atoms with Crippen LogP contribution in [0.25, 0.3) is 0 Å². The lowest BCUT2D eigenvalue weighted by atomic mass is 9.93. The van der Waals surface area contributed by atoms with Gasteiger partial charge in [0.15, 0.2) is 0 Å². The molecule has 0 aliphatic heterocycles. The van der Waals surface area contributed by atoms with Crippen LogP contribution in [0.2, 0.25) is 0 Å². The molecule has 0 aromatic carbocycles. The quantitative estimate of drug-likeness (QED) is 0.792. The zero-order chi connectivity index (χ0) is 12.2. The Morgan fingerprint density at radius 2 is 2.06 bits per heavy atom. The summed E-state index contributed by atoms with van der Waals surface area (Å²) in [6.45, 7) is 7.68. The molecule has 1 aromatic heterocycles. The van der Waals surface area contributed by atoms with Crippen molar-refractivity contribution in [2.45, 2.75) is 20.4 Å². The molecule has 0 fully saturated rings. The molecule has 0 saturated heterocycles. The van der Waals surface area contributed by atoms with E-state index in [0.29, 0.717) is 5.41 Å². The lowest BCUT2D eigenvalue weighted by molar-refractivity contribution is 0.232. The predicted octanol–water partition coefficient (Wildman–Crippen LogP) is 1.70. The van der Waals surface area contributed by atoms with Crippen LogP contribution in [0.1, 0.15) is 19.5 Å². The smallest absolute Gasteiger partial charge is 0.0359 e. The number of hydrogen-bond acceptors (Lipinski definition) is 2. The van der Waals surface area contributed by atoms with E-state index in [1.807, 2.05) is 0 Å². The molecule has 0 aliphatic carbocycles. The fourth-order valence-electron chi connectivity index (χ4n) is 2.12. The van der Waals surface area contributed by atoms with Gasteiger partial charge in [-0.1, -0.05) is 13.8 Å². The van der Waals surface area contributed by atoms with Gasteiger partial charge in [-0.3, -0.25) is 0 Å². The number of hydrogen-bond donors (Lipinski definition) is 1. The Kier molecular flexibility index (Phi) is 4.56. The molecule has 1 rings (SSSR count). The first-order chi connectivity index (χ1) is 7.41. The fraction of sp³-hybridized carbons (Fsp3) is 0.692. The summed E-state index contributed by atoms with van der Waals surface area (Å²) < 4.78 is 2.16. The maximum atomic E-state index is 3.53. The minimum atomic E-state index is 0.314. The molecule has 0 radical (unpaired) electrons. The molecule has 1 aromatic rings. The van der Waals surface area contributed by atoms with Gasteiger partial charge in [-0.15, -0.1) is 0 Å². The second-order valence-electron chi connectivity index (χ2n) is 5.62. The minimum absolute atomic E-state index is 0.314. The molecule has 0 spiro atoms. The van der Waals surface area contributed by atoms with Crippen LogP contribution in [-0.4, -0.2) is 36.7 Å². The van der Waals surface area contributed by atoms with Gasteiger partial charge in [0.1, 0.15) is 0 Å². The van der Waals surface area contributed by atoms with Crippen molar-refractivity contribution in [2.75, 3.05) is 27.2 Å². The van der Waals surface area contributed by atoms with E-state index < -0.39 is 0 Å². The van der Waals surface area contributed by atoms with Crippen LogP contribution in [0, 0.1) is 5.41 Å². The van der Waals surface area contributed by atoms with Gasteiger partial charge in [-0.25, -0.2) is 0 Å². The SMILES string of the molecule is CN(C)CC(C)(C)CNCc1cccn1C. The molecule has 0 bridgehead atoms. The highest BCUT2D eigenvalue weighted by Gasteiger charge is 2.18. The van der Waals surface area contributed by atoms with E-state index >= 15 is 0 Å². The van der Waals surface area contributed by atoms with Crippen molar-refractivity contribution < 1.29 is 0 Å². The summed E-state index contributed by atoms with van der Waals surface area (Å²) in [4.78, 5) is 2.24. The summed E-state index contributed by atoms with van der Waals surface area (Å²) in [7, 11) is 6.33. The van der Waals surface area contributed by atoms with Crippen molar-refractivity contribution >= 4 is 0 Å². The van der Waals surface area contributed by atoms with Gasteiger partial charge >= 0.3 is 0 Å². The highest BCUT2D eigenvalue weighted by atomic mass is 15.1. The summed E-state index contributed by atoms with van der Waals surface area (Å²) in [5, 5.41) is 3.53. The molecule has 1 N–H and O–H groups in total. The molecule has 3 heteroatoms. The van der Waals surface area contributed by atoms with Gasteiger partial charge in [-0.05, 0) is 31.6 Å². The van der Waals surface area contributed by atoms with Crippen molar-refractivity contribution in [1.82, 2.24) is 14.8 Å². The maximum Gasteiger partial charge on any atom is 0.0359 e. The number of nitrogens with one attached hydrogen (secondary N) is 1. The van der Waals surface area contributed by atoms with Crippen LogP contribution >= 0.6 is 0 Å². The van der Waals surface area contributed by atoms with E-state index in [9.17, 15) is 0 Å². The summed E-state index contributed by atoms with van der Waals surface area (Å²) in [6, 6.07) is 4.24. The molecule has 92 valence electrons. The molecular weight excluding hydrogens is 198 g/mol. The lowest BCUT2D eigenvalue weighted by Gasteiger charge is -2.28. The molecule has 3 nitrogen and oxygen atoms in total. The molecule has 0 saturated carbocycles. The molecule has 0 amide bonds. The van der Waals surface area contributed by atoms with Crippen LogP contribution in [-0.2, 0) is 13.6 Å². The summed E-state index contributed by atoms with van der Waals surface area (Å²) >= 11 is 0. The number of nitrogens with zero attached hydrogens (tertiary/aromatic N) is 2. The van der Waals surface area contributed by atoms with Crippen molar-refractivity contribution in [1.29, 1.82) is 0 Å². The Bertz CT molecular complexity index is 313. The Morgan fingerprint density at radius 3 is 2.56 bits per heavy atom. The first-order valence-corrected chi connectivity index (χ1v) is 5.86. The van der Waals surface area contributed by atoms with E-state index in [2.05, 4.69) is 68.1 Å². The van der Waals surface area contributed by atoms with E-state index in [4.69, 9.17) is 0 Å². The zero-order valence-electron chi connectivity index (χ0n) is 11.2. The van der Waals surface area contributed by atoms with E-state index in [1.165, 1.54) is 5.69 Å². The van der Waals surface area contributed by atoms with Crippen molar-refractivity contribution in [3.63, 3.8) is 0 Å². The second kappa shape index (κ2) is 5.51. The normalized spacial score (nSPS) is 12.4. The van der Waals surface area contributed by atoms with Crippen LogP contribution in [0.15, 0.2) is 18.3 Å². The monoisotopic (exact) mass is 223 g/mol. The zero-order valence-corrected chi connectivity index (χ0v) is 11.2. The van der Waals surface area contributed by atoms with E-state index in [1.54, 1.807) is 0 Å². The first-order valence-electron chi connectivity index (χ1n) is 5.86.